The molecule has 1 saturated carbocycles. The Morgan fingerprint density at radius 2 is 2.00 bits per heavy atom. The molecule has 3 atom stereocenters. The van der Waals surface area contributed by atoms with Crippen molar-refractivity contribution in [3.8, 4) is 0 Å². The Bertz CT molecular complexity index is 907. The number of aryl methyl sites for hydroxylation is 1. The van der Waals surface area contributed by atoms with Crippen molar-refractivity contribution < 1.29 is 13.2 Å². The summed E-state index contributed by atoms with van der Waals surface area (Å²) in [5, 5.41) is 4.26. The van der Waals surface area contributed by atoms with Crippen LogP contribution in [0, 0.1) is 5.92 Å². The van der Waals surface area contributed by atoms with E-state index in [-0.39, 0.29) is 35.8 Å². The second-order valence-electron chi connectivity index (χ2n) is 7.15. The Morgan fingerprint density at radius 1 is 1.23 bits per heavy atom. The topological polar surface area (TPSA) is 72.3 Å². The number of nitrogens with zero attached hydrogens (tertiary/aromatic N) is 3. The number of carbonyl (C=O) groups excluding carboxylic acids is 1. The Kier molecular flexibility index (Phi) is 4.34. The average molecular weight is 373 g/mol. The monoisotopic (exact) mass is 373 g/mol. The highest BCUT2D eigenvalue weighted by molar-refractivity contribution is 7.91. The highest BCUT2D eigenvalue weighted by Crippen LogP contribution is 2.49. The molecule has 1 saturated heterocycles. The number of aromatic nitrogens is 2. The standard InChI is InChI=1S/C19H23N3O3S/c1-2-21-12-15(11-20-21)18-13-26(24,25)9-8-22(18)19(23)17-10-16(17)14-6-4-3-5-7-14/h3-7,11-12,16-18H,2,8-10,13H2,1H3/t16-,17+,18+/m1/s1. The first-order chi connectivity index (χ1) is 12.5. The van der Waals surface area contributed by atoms with Crippen LogP contribution in [0.5, 0.6) is 0 Å². The van der Waals surface area contributed by atoms with Gasteiger partial charge in [-0.1, -0.05) is 30.3 Å². The van der Waals surface area contributed by atoms with E-state index in [1.54, 1.807) is 15.8 Å². The Labute approximate surface area is 153 Å². The Balaban J connectivity index is 1.56. The molecule has 0 bridgehead atoms. The predicted octanol–water partition coefficient (Wildman–Crippen LogP) is 2.00. The van der Waals surface area contributed by atoms with Crippen molar-refractivity contribution in [2.75, 3.05) is 18.1 Å². The highest BCUT2D eigenvalue weighted by Gasteiger charge is 2.48. The van der Waals surface area contributed by atoms with Crippen LogP contribution in [0.15, 0.2) is 42.7 Å². The molecular weight excluding hydrogens is 350 g/mol. The van der Waals surface area contributed by atoms with Crippen molar-refractivity contribution in [1.82, 2.24) is 14.7 Å². The SMILES string of the molecule is CCn1cc([C@@H]2CS(=O)(=O)CCN2C(=O)[C@H]2C[C@@H]2c2ccccc2)cn1. The fourth-order valence-electron chi connectivity index (χ4n) is 3.82. The van der Waals surface area contributed by atoms with Crippen molar-refractivity contribution >= 4 is 15.7 Å². The van der Waals surface area contributed by atoms with E-state index in [4.69, 9.17) is 0 Å². The van der Waals surface area contributed by atoms with E-state index in [9.17, 15) is 13.2 Å². The first-order valence-electron chi connectivity index (χ1n) is 9.06. The molecule has 2 heterocycles. The third kappa shape index (κ3) is 3.28. The van der Waals surface area contributed by atoms with Crippen LogP contribution >= 0.6 is 0 Å². The minimum Gasteiger partial charge on any atom is -0.333 e. The van der Waals surface area contributed by atoms with Gasteiger partial charge in [0.1, 0.15) is 0 Å². The van der Waals surface area contributed by atoms with Gasteiger partial charge >= 0.3 is 0 Å². The molecule has 26 heavy (non-hydrogen) atoms. The lowest BCUT2D eigenvalue weighted by Crippen LogP contribution is -2.46. The zero-order valence-corrected chi connectivity index (χ0v) is 15.6. The number of sulfone groups is 1. The summed E-state index contributed by atoms with van der Waals surface area (Å²) in [5.41, 5.74) is 1.99. The van der Waals surface area contributed by atoms with Crippen molar-refractivity contribution in [3.63, 3.8) is 0 Å². The van der Waals surface area contributed by atoms with E-state index in [1.165, 1.54) is 5.56 Å². The summed E-state index contributed by atoms with van der Waals surface area (Å²) in [6, 6.07) is 9.64. The van der Waals surface area contributed by atoms with Gasteiger partial charge in [0, 0.05) is 30.8 Å². The first kappa shape index (κ1) is 17.3. The molecule has 2 aliphatic rings. The van der Waals surface area contributed by atoms with Crippen LogP contribution in [0.1, 0.15) is 36.4 Å². The Morgan fingerprint density at radius 3 is 2.69 bits per heavy atom. The van der Waals surface area contributed by atoms with E-state index >= 15 is 0 Å². The van der Waals surface area contributed by atoms with Crippen LogP contribution in [0.4, 0.5) is 0 Å². The van der Waals surface area contributed by atoms with Gasteiger partial charge in [0.15, 0.2) is 9.84 Å². The van der Waals surface area contributed by atoms with Crippen molar-refractivity contribution in [3.05, 3.63) is 53.9 Å². The fraction of sp³-hybridized carbons (Fsp3) is 0.474. The number of hydrogen-bond donors (Lipinski definition) is 0. The molecule has 1 aromatic heterocycles. The highest BCUT2D eigenvalue weighted by atomic mass is 32.2. The number of hydrogen-bond acceptors (Lipinski definition) is 4. The zero-order chi connectivity index (χ0) is 18.3. The smallest absolute Gasteiger partial charge is 0.226 e. The van der Waals surface area contributed by atoms with E-state index in [0.29, 0.717) is 6.54 Å². The molecule has 1 amide bonds. The minimum atomic E-state index is -3.15. The molecule has 1 aliphatic heterocycles. The summed E-state index contributed by atoms with van der Waals surface area (Å²) in [7, 11) is -3.15. The van der Waals surface area contributed by atoms with Gasteiger partial charge in [-0.15, -0.1) is 0 Å². The summed E-state index contributed by atoms with van der Waals surface area (Å²) in [5.74, 6) is 0.308. The fourth-order valence-corrected chi connectivity index (χ4v) is 5.32. The second-order valence-corrected chi connectivity index (χ2v) is 9.38. The zero-order valence-electron chi connectivity index (χ0n) is 14.8. The maximum atomic E-state index is 13.1. The molecule has 0 unspecified atom stereocenters. The van der Waals surface area contributed by atoms with E-state index < -0.39 is 15.9 Å². The van der Waals surface area contributed by atoms with Crippen LogP contribution in [-0.4, -0.2) is 47.1 Å². The molecule has 2 fully saturated rings. The maximum Gasteiger partial charge on any atom is 0.226 e. The quantitative estimate of drug-likeness (QED) is 0.822. The van der Waals surface area contributed by atoms with Crippen LogP contribution in [-0.2, 0) is 21.2 Å². The molecule has 4 rings (SSSR count). The molecule has 1 aromatic carbocycles. The molecule has 2 aromatic rings. The largest absolute Gasteiger partial charge is 0.333 e. The second kappa shape index (κ2) is 6.54. The third-order valence-electron chi connectivity index (χ3n) is 5.41. The number of amides is 1. The third-order valence-corrected chi connectivity index (χ3v) is 7.04. The maximum absolute atomic E-state index is 13.1. The van der Waals surface area contributed by atoms with Gasteiger partial charge in [0.05, 0.1) is 23.7 Å². The van der Waals surface area contributed by atoms with Gasteiger partial charge in [-0.3, -0.25) is 9.48 Å². The normalized spacial score (nSPS) is 27.3. The molecule has 1 aliphatic carbocycles. The van der Waals surface area contributed by atoms with E-state index in [2.05, 4.69) is 17.2 Å². The van der Waals surface area contributed by atoms with Gasteiger partial charge in [0.25, 0.3) is 0 Å². The van der Waals surface area contributed by atoms with Crippen molar-refractivity contribution in [2.24, 2.45) is 5.92 Å². The van der Waals surface area contributed by atoms with Gasteiger partial charge < -0.3 is 4.90 Å². The molecule has 138 valence electrons. The summed E-state index contributed by atoms with van der Waals surface area (Å²) in [6.45, 7) is 2.96. The molecule has 0 spiro atoms. The Hall–Kier alpha value is -2.15. The van der Waals surface area contributed by atoms with Gasteiger partial charge in [-0.05, 0) is 24.8 Å². The van der Waals surface area contributed by atoms with E-state index in [1.807, 2.05) is 31.3 Å². The van der Waals surface area contributed by atoms with Crippen molar-refractivity contribution in [2.45, 2.75) is 31.8 Å². The van der Waals surface area contributed by atoms with Crippen LogP contribution in [0.25, 0.3) is 0 Å². The summed E-state index contributed by atoms with van der Waals surface area (Å²) in [6.07, 6.45) is 4.39. The van der Waals surface area contributed by atoms with Crippen LogP contribution < -0.4 is 0 Å². The molecule has 0 N–H and O–H groups in total. The van der Waals surface area contributed by atoms with Gasteiger partial charge in [-0.2, -0.15) is 5.10 Å². The first-order valence-corrected chi connectivity index (χ1v) is 10.9. The number of rotatable bonds is 4. The van der Waals surface area contributed by atoms with Gasteiger partial charge in [-0.25, -0.2) is 8.42 Å². The van der Waals surface area contributed by atoms with E-state index in [0.717, 1.165) is 12.0 Å². The lowest BCUT2D eigenvalue weighted by Gasteiger charge is -2.35. The van der Waals surface area contributed by atoms with Crippen LogP contribution in [0.2, 0.25) is 0 Å². The van der Waals surface area contributed by atoms with Gasteiger partial charge in [0.2, 0.25) is 5.91 Å². The lowest BCUT2D eigenvalue weighted by molar-refractivity contribution is -0.134. The summed E-state index contributed by atoms with van der Waals surface area (Å²) < 4.78 is 26.1. The molecule has 7 heteroatoms. The van der Waals surface area contributed by atoms with Crippen LogP contribution in [0.3, 0.4) is 0 Å². The molecule has 0 radical (unpaired) electrons. The van der Waals surface area contributed by atoms with Crippen molar-refractivity contribution in [1.29, 1.82) is 0 Å². The summed E-state index contributed by atoms with van der Waals surface area (Å²) >= 11 is 0. The average Bonchev–Trinajstić information content (AvgIpc) is 3.30. The molecule has 6 nitrogen and oxygen atoms in total. The lowest BCUT2D eigenvalue weighted by atomic mass is 10.1. The summed E-state index contributed by atoms with van der Waals surface area (Å²) in [4.78, 5) is 14.9. The number of carbonyl (C=O) groups is 1. The predicted molar refractivity (Wildman–Crippen MR) is 98.3 cm³/mol. The minimum absolute atomic E-state index is 0.0170. The molecular formula is C19H23N3O3S. The number of benzene rings is 1.